The van der Waals surface area contributed by atoms with Crippen molar-refractivity contribution in [2.24, 2.45) is 5.92 Å². The molecule has 118 valence electrons. The maximum absolute atomic E-state index is 11.4. The first kappa shape index (κ1) is 14.7. The van der Waals surface area contributed by atoms with Crippen LogP contribution in [0.2, 0.25) is 0 Å². The number of carbonyl (C=O) groups excluding carboxylic acids is 1. The van der Waals surface area contributed by atoms with Crippen LogP contribution in [0.1, 0.15) is 19.8 Å². The summed E-state index contributed by atoms with van der Waals surface area (Å²) in [5, 5.41) is 5.67. The molecule has 2 heterocycles. The predicted octanol–water partition coefficient (Wildman–Crippen LogP) is 2.36. The Labute approximate surface area is 129 Å². The molecule has 2 aromatic rings. The predicted molar refractivity (Wildman–Crippen MR) is 86.0 cm³/mol. The van der Waals surface area contributed by atoms with Crippen molar-refractivity contribution in [3.63, 3.8) is 0 Å². The third kappa shape index (κ3) is 3.32. The van der Waals surface area contributed by atoms with Crippen molar-refractivity contribution < 1.29 is 9.21 Å². The van der Waals surface area contributed by atoms with Gasteiger partial charge in [-0.3, -0.25) is 0 Å². The van der Waals surface area contributed by atoms with Crippen LogP contribution in [0.15, 0.2) is 28.7 Å². The van der Waals surface area contributed by atoms with Gasteiger partial charge in [0.2, 0.25) is 0 Å². The molecule has 0 radical (unpaired) electrons. The Morgan fingerprint density at radius 2 is 2.09 bits per heavy atom. The molecule has 1 aliphatic rings. The van der Waals surface area contributed by atoms with Crippen molar-refractivity contribution in [1.82, 2.24) is 15.6 Å². The number of amides is 2. The number of carbonyl (C=O) groups is 1. The summed E-state index contributed by atoms with van der Waals surface area (Å²) in [5.74, 6) is 0.517. The molecule has 1 aromatic heterocycles. The lowest BCUT2D eigenvalue weighted by atomic mass is 9.97. The fourth-order valence-corrected chi connectivity index (χ4v) is 2.78. The van der Waals surface area contributed by atoms with Gasteiger partial charge in [0.25, 0.3) is 6.01 Å². The molecule has 1 saturated heterocycles. The number of fused-ring (bicyclic) bond motifs is 1. The Kier molecular flexibility index (Phi) is 4.46. The normalized spacial score (nSPS) is 16.0. The smallest absolute Gasteiger partial charge is 0.314 e. The van der Waals surface area contributed by atoms with Crippen LogP contribution in [0, 0.1) is 5.92 Å². The third-order valence-corrected chi connectivity index (χ3v) is 4.06. The molecule has 0 aliphatic carbocycles. The van der Waals surface area contributed by atoms with Crippen molar-refractivity contribution in [1.29, 1.82) is 0 Å². The van der Waals surface area contributed by atoms with E-state index in [0.29, 0.717) is 18.5 Å². The van der Waals surface area contributed by atoms with Gasteiger partial charge in [0, 0.05) is 26.2 Å². The molecule has 0 spiro atoms. The lowest BCUT2D eigenvalue weighted by molar-refractivity contribution is 0.238. The van der Waals surface area contributed by atoms with Crippen LogP contribution in [0.25, 0.3) is 11.1 Å². The zero-order valence-electron chi connectivity index (χ0n) is 12.8. The van der Waals surface area contributed by atoms with E-state index in [1.165, 1.54) is 0 Å². The Balaban J connectivity index is 1.52. The van der Waals surface area contributed by atoms with Crippen LogP contribution >= 0.6 is 0 Å². The summed E-state index contributed by atoms with van der Waals surface area (Å²) in [6.45, 7) is 5.12. The number of piperidine rings is 1. The van der Waals surface area contributed by atoms with E-state index in [-0.39, 0.29) is 6.03 Å². The van der Waals surface area contributed by atoms with Gasteiger partial charge in [0.05, 0.1) is 0 Å². The minimum absolute atomic E-state index is 0.0797. The molecule has 0 saturated carbocycles. The maximum atomic E-state index is 11.4. The summed E-state index contributed by atoms with van der Waals surface area (Å²) in [6, 6.07) is 8.45. The van der Waals surface area contributed by atoms with Crippen molar-refractivity contribution in [3.8, 4) is 0 Å². The lowest BCUT2D eigenvalue weighted by Gasteiger charge is -2.30. The van der Waals surface area contributed by atoms with Crippen LogP contribution in [0.4, 0.5) is 10.8 Å². The van der Waals surface area contributed by atoms with Gasteiger partial charge >= 0.3 is 6.03 Å². The average Bonchev–Trinajstić information content (AvgIpc) is 2.98. The molecule has 1 fully saturated rings. The van der Waals surface area contributed by atoms with Gasteiger partial charge in [0.15, 0.2) is 5.58 Å². The lowest BCUT2D eigenvalue weighted by Crippen LogP contribution is -2.42. The zero-order valence-corrected chi connectivity index (χ0v) is 12.8. The number of benzene rings is 1. The number of oxazole rings is 1. The number of rotatable bonds is 4. The van der Waals surface area contributed by atoms with Crippen LogP contribution in [0.3, 0.4) is 0 Å². The molecule has 2 amide bonds. The second-order valence-electron chi connectivity index (χ2n) is 5.63. The largest absolute Gasteiger partial charge is 0.423 e. The molecule has 6 heteroatoms. The molecule has 2 N–H and O–H groups in total. The standard InChI is InChI=1S/C16H22N4O2/c1-2-17-15(21)18-11-12-7-9-20(10-8-12)16-19-13-5-3-4-6-14(13)22-16/h3-6,12H,2,7-11H2,1H3,(H2,17,18,21). The summed E-state index contributed by atoms with van der Waals surface area (Å²) < 4.78 is 5.81. The van der Waals surface area contributed by atoms with Gasteiger partial charge in [-0.2, -0.15) is 4.98 Å². The van der Waals surface area contributed by atoms with E-state index in [1.54, 1.807) is 0 Å². The third-order valence-electron chi connectivity index (χ3n) is 4.06. The van der Waals surface area contributed by atoms with Crippen LogP contribution in [-0.4, -0.2) is 37.2 Å². The fraction of sp³-hybridized carbons (Fsp3) is 0.500. The van der Waals surface area contributed by atoms with Crippen molar-refractivity contribution in [2.45, 2.75) is 19.8 Å². The van der Waals surface area contributed by atoms with Crippen LogP contribution in [-0.2, 0) is 0 Å². The van der Waals surface area contributed by atoms with Gasteiger partial charge < -0.3 is 20.0 Å². The molecular weight excluding hydrogens is 280 g/mol. The van der Waals surface area contributed by atoms with Gasteiger partial charge in [0.1, 0.15) is 5.52 Å². The molecule has 3 rings (SSSR count). The average molecular weight is 302 g/mol. The molecule has 1 aromatic carbocycles. The van der Waals surface area contributed by atoms with E-state index in [9.17, 15) is 4.79 Å². The first-order chi connectivity index (χ1) is 10.8. The number of hydrogen-bond acceptors (Lipinski definition) is 4. The Hall–Kier alpha value is -2.24. The zero-order chi connectivity index (χ0) is 15.4. The second-order valence-corrected chi connectivity index (χ2v) is 5.63. The van der Waals surface area contributed by atoms with E-state index in [4.69, 9.17) is 4.42 Å². The molecule has 1 aliphatic heterocycles. The SMILES string of the molecule is CCNC(=O)NCC1CCN(c2nc3ccccc3o2)CC1. The van der Waals surface area contributed by atoms with E-state index >= 15 is 0 Å². The number of anilines is 1. The van der Waals surface area contributed by atoms with Gasteiger partial charge in [-0.1, -0.05) is 12.1 Å². The summed E-state index contributed by atoms with van der Waals surface area (Å²) >= 11 is 0. The highest BCUT2D eigenvalue weighted by Crippen LogP contribution is 2.25. The summed E-state index contributed by atoms with van der Waals surface area (Å²) in [4.78, 5) is 18.1. The van der Waals surface area contributed by atoms with Crippen LogP contribution in [0.5, 0.6) is 0 Å². The molecule has 0 atom stereocenters. The first-order valence-corrected chi connectivity index (χ1v) is 7.88. The Morgan fingerprint density at radius 1 is 1.32 bits per heavy atom. The number of para-hydroxylation sites is 2. The number of nitrogens with zero attached hydrogens (tertiary/aromatic N) is 2. The van der Waals surface area contributed by atoms with Gasteiger partial charge in [-0.15, -0.1) is 0 Å². The molecule has 22 heavy (non-hydrogen) atoms. The number of hydrogen-bond donors (Lipinski definition) is 2. The Bertz CT molecular complexity index is 599. The molecular formula is C16H22N4O2. The highest BCUT2D eigenvalue weighted by molar-refractivity contribution is 5.74. The van der Waals surface area contributed by atoms with Gasteiger partial charge in [-0.05, 0) is 37.8 Å². The van der Waals surface area contributed by atoms with E-state index < -0.39 is 0 Å². The molecule has 0 unspecified atom stereocenters. The number of nitrogens with one attached hydrogen (secondary N) is 2. The van der Waals surface area contributed by atoms with E-state index in [0.717, 1.165) is 43.6 Å². The minimum Gasteiger partial charge on any atom is -0.423 e. The van der Waals surface area contributed by atoms with Crippen molar-refractivity contribution in [2.75, 3.05) is 31.1 Å². The van der Waals surface area contributed by atoms with E-state index in [1.807, 2.05) is 31.2 Å². The maximum Gasteiger partial charge on any atom is 0.314 e. The van der Waals surface area contributed by atoms with Crippen molar-refractivity contribution >= 4 is 23.1 Å². The first-order valence-electron chi connectivity index (χ1n) is 7.88. The minimum atomic E-state index is -0.0797. The summed E-state index contributed by atoms with van der Waals surface area (Å²) in [6.07, 6.45) is 2.07. The number of urea groups is 1. The monoisotopic (exact) mass is 302 g/mol. The highest BCUT2D eigenvalue weighted by atomic mass is 16.4. The number of aromatic nitrogens is 1. The van der Waals surface area contributed by atoms with Gasteiger partial charge in [-0.25, -0.2) is 4.79 Å². The van der Waals surface area contributed by atoms with E-state index in [2.05, 4.69) is 20.5 Å². The van der Waals surface area contributed by atoms with Crippen molar-refractivity contribution in [3.05, 3.63) is 24.3 Å². The topological polar surface area (TPSA) is 70.4 Å². The fourth-order valence-electron chi connectivity index (χ4n) is 2.78. The van der Waals surface area contributed by atoms with Crippen LogP contribution < -0.4 is 15.5 Å². The molecule has 6 nitrogen and oxygen atoms in total. The summed E-state index contributed by atoms with van der Waals surface area (Å²) in [7, 11) is 0. The quantitative estimate of drug-likeness (QED) is 0.909. The Morgan fingerprint density at radius 3 is 2.82 bits per heavy atom. The molecule has 0 bridgehead atoms. The highest BCUT2D eigenvalue weighted by Gasteiger charge is 2.22. The second kappa shape index (κ2) is 6.68. The summed E-state index contributed by atoms with van der Waals surface area (Å²) in [5.41, 5.74) is 1.73.